The summed E-state index contributed by atoms with van der Waals surface area (Å²) in [6, 6.07) is 31.5. The zero-order chi connectivity index (χ0) is 33.1. The van der Waals surface area contributed by atoms with Gasteiger partial charge >= 0.3 is 0 Å². The Morgan fingerprint density at radius 3 is 1.15 bits per heavy atom. The van der Waals surface area contributed by atoms with Crippen molar-refractivity contribution < 1.29 is 9.59 Å². The molecule has 1 heterocycles. The topological polar surface area (TPSA) is 40.6 Å². The van der Waals surface area contributed by atoms with Crippen molar-refractivity contribution in [2.45, 2.75) is 79.1 Å². The molecule has 46 heavy (non-hydrogen) atoms. The molecule has 0 fully saturated rings. The fourth-order valence-corrected chi connectivity index (χ4v) is 6.37. The zero-order valence-corrected chi connectivity index (χ0v) is 28.4. The highest BCUT2D eigenvalue weighted by atomic mass is 16.2. The molecule has 0 unspecified atom stereocenters. The van der Waals surface area contributed by atoms with E-state index in [4.69, 9.17) is 0 Å². The number of allylic oxidation sites excluding steroid dienone is 1. The Bertz CT molecular complexity index is 1650. The van der Waals surface area contributed by atoms with Crippen LogP contribution in [0.3, 0.4) is 0 Å². The van der Waals surface area contributed by atoms with E-state index in [1.54, 1.807) is 24.3 Å². The Hall–Kier alpha value is -4.70. The molecule has 0 saturated carbocycles. The maximum absolute atomic E-state index is 14.8. The first-order valence-corrected chi connectivity index (χ1v) is 16.5. The van der Waals surface area contributed by atoms with E-state index in [2.05, 4.69) is 114 Å². The molecule has 0 aliphatic carbocycles. The van der Waals surface area contributed by atoms with Crippen LogP contribution in [0.2, 0.25) is 0 Å². The lowest BCUT2D eigenvalue weighted by molar-refractivity contribution is -0.110. The number of para-hydroxylation sites is 2. The van der Waals surface area contributed by atoms with Crippen molar-refractivity contribution in [3.63, 3.8) is 0 Å². The number of carbonyl (C=O) groups is 2. The van der Waals surface area contributed by atoms with E-state index >= 15 is 0 Å². The number of carbonyl (C=O) groups excluding carboxylic acids is 2. The smallest absolute Gasteiger partial charge is 0.237 e. The lowest BCUT2D eigenvalue weighted by atomic mass is 9.90. The summed E-state index contributed by atoms with van der Waals surface area (Å²) in [7, 11) is 0. The molecule has 1 aliphatic rings. The molecule has 4 aromatic rings. The zero-order valence-electron chi connectivity index (χ0n) is 28.4. The van der Waals surface area contributed by atoms with Crippen molar-refractivity contribution in [1.29, 1.82) is 0 Å². The first kappa shape index (κ1) is 32.7. The molecule has 4 heteroatoms. The van der Waals surface area contributed by atoms with Crippen LogP contribution in [0.5, 0.6) is 0 Å². The molecule has 236 valence electrons. The maximum Gasteiger partial charge on any atom is 0.237 e. The van der Waals surface area contributed by atoms with Gasteiger partial charge in [-0.15, -0.1) is 0 Å². The summed E-state index contributed by atoms with van der Waals surface area (Å²) in [6.45, 7) is 17.6. The van der Waals surface area contributed by atoms with E-state index in [0.717, 1.165) is 11.4 Å². The fraction of sp³-hybridized carbons (Fsp3) is 0.286. The molecular formula is C42H46N2O2. The Kier molecular flexibility index (Phi) is 9.76. The van der Waals surface area contributed by atoms with E-state index in [1.807, 2.05) is 36.4 Å². The number of ketones is 2. The van der Waals surface area contributed by atoms with E-state index in [9.17, 15) is 9.59 Å². The molecule has 4 nitrogen and oxygen atoms in total. The molecule has 5 rings (SSSR count). The molecule has 0 spiro atoms. The Labute approximate surface area is 275 Å². The molecule has 0 amide bonds. The van der Waals surface area contributed by atoms with Crippen molar-refractivity contribution in [3.05, 3.63) is 149 Å². The molecular weight excluding hydrogens is 564 g/mol. The standard InChI is InChI=1S/C42H46N2O2/c1-27(2)33-21-15-22-34(28(3)4)38(33)43-25-26-44(39-35(29(5)6)23-16-24-36(39)30(7)8)42(43)37(31-17-11-9-12-18-31)41(46)40(45)32-19-13-10-14-20-32/h9-30H,1-8H3. The minimum atomic E-state index is -0.535. The third kappa shape index (κ3) is 6.22. The molecule has 4 aromatic carbocycles. The van der Waals surface area contributed by atoms with Gasteiger partial charge in [0.25, 0.3) is 0 Å². The van der Waals surface area contributed by atoms with Crippen LogP contribution in [0.15, 0.2) is 115 Å². The van der Waals surface area contributed by atoms with Crippen molar-refractivity contribution >= 4 is 28.5 Å². The van der Waals surface area contributed by atoms with Crippen LogP contribution in [-0.4, -0.2) is 11.6 Å². The van der Waals surface area contributed by atoms with Gasteiger partial charge in [-0.25, -0.2) is 0 Å². The number of nitrogens with zero attached hydrogens (tertiary/aromatic N) is 2. The molecule has 1 aliphatic heterocycles. The molecule has 0 radical (unpaired) electrons. The monoisotopic (exact) mass is 610 g/mol. The summed E-state index contributed by atoms with van der Waals surface area (Å²) in [4.78, 5) is 33.2. The fourth-order valence-electron chi connectivity index (χ4n) is 6.37. The van der Waals surface area contributed by atoms with E-state index in [1.165, 1.54) is 22.3 Å². The second-order valence-electron chi connectivity index (χ2n) is 13.3. The van der Waals surface area contributed by atoms with Gasteiger partial charge in [0.2, 0.25) is 11.6 Å². The Balaban J connectivity index is 1.93. The van der Waals surface area contributed by atoms with Gasteiger partial charge in [0.15, 0.2) is 0 Å². The van der Waals surface area contributed by atoms with E-state index in [0.29, 0.717) is 22.5 Å². The van der Waals surface area contributed by atoms with Crippen LogP contribution in [0.4, 0.5) is 11.4 Å². The number of rotatable bonds is 10. The summed E-state index contributed by atoms with van der Waals surface area (Å²) in [5, 5.41) is 0. The van der Waals surface area contributed by atoms with Crippen molar-refractivity contribution in [1.82, 2.24) is 0 Å². The predicted octanol–water partition coefficient (Wildman–Crippen LogP) is 10.8. The first-order chi connectivity index (χ1) is 22.0. The summed E-state index contributed by atoms with van der Waals surface area (Å²) < 4.78 is 0. The van der Waals surface area contributed by atoms with Crippen LogP contribution >= 0.6 is 0 Å². The second-order valence-corrected chi connectivity index (χ2v) is 13.3. The van der Waals surface area contributed by atoms with Gasteiger partial charge in [-0.3, -0.25) is 9.59 Å². The van der Waals surface area contributed by atoms with Gasteiger partial charge in [0.05, 0.1) is 16.9 Å². The number of anilines is 2. The summed E-state index contributed by atoms with van der Waals surface area (Å²) in [5.74, 6) is 0.530. The van der Waals surface area contributed by atoms with E-state index < -0.39 is 11.6 Å². The number of Topliss-reactive ketones (excluding diaryl/α,β-unsaturated/α-hetero) is 2. The van der Waals surface area contributed by atoms with Crippen LogP contribution in [0.25, 0.3) is 5.57 Å². The molecule has 0 N–H and O–H groups in total. The average molecular weight is 611 g/mol. The van der Waals surface area contributed by atoms with Crippen molar-refractivity contribution in [2.75, 3.05) is 9.80 Å². The van der Waals surface area contributed by atoms with Crippen LogP contribution in [0, 0.1) is 0 Å². The highest BCUT2D eigenvalue weighted by Gasteiger charge is 2.37. The van der Waals surface area contributed by atoms with Gasteiger partial charge in [0.1, 0.15) is 5.82 Å². The quantitative estimate of drug-likeness (QED) is 0.102. The Morgan fingerprint density at radius 1 is 0.457 bits per heavy atom. The lowest BCUT2D eigenvalue weighted by Crippen LogP contribution is -2.31. The third-order valence-electron chi connectivity index (χ3n) is 8.74. The van der Waals surface area contributed by atoms with Gasteiger partial charge in [0, 0.05) is 18.0 Å². The molecule has 0 atom stereocenters. The number of benzene rings is 4. The van der Waals surface area contributed by atoms with Crippen LogP contribution < -0.4 is 9.80 Å². The summed E-state index contributed by atoms with van der Waals surface area (Å²) in [6.07, 6.45) is 4.15. The van der Waals surface area contributed by atoms with Gasteiger partial charge < -0.3 is 9.80 Å². The number of hydrogen-bond donors (Lipinski definition) is 0. The molecule has 0 bridgehead atoms. The highest BCUT2D eigenvalue weighted by molar-refractivity contribution is 6.58. The van der Waals surface area contributed by atoms with Crippen LogP contribution in [0.1, 0.15) is 117 Å². The van der Waals surface area contributed by atoms with Crippen molar-refractivity contribution in [2.24, 2.45) is 0 Å². The van der Waals surface area contributed by atoms with E-state index in [-0.39, 0.29) is 23.7 Å². The first-order valence-electron chi connectivity index (χ1n) is 16.5. The predicted molar refractivity (Wildman–Crippen MR) is 192 cm³/mol. The average Bonchev–Trinajstić information content (AvgIpc) is 3.48. The van der Waals surface area contributed by atoms with Gasteiger partial charge in [-0.1, -0.05) is 152 Å². The number of hydrogen-bond acceptors (Lipinski definition) is 4. The second kappa shape index (κ2) is 13.7. The largest absolute Gasteiger partial charge is 0.300 e. The van der Waals surface area contributed by atoms with Crippen molar-refractivity contribution in [3.8, 4) is 0 Å². The Morgan fingerprint density at radius 2 is 0.804 bits per heavy atom. The minimum absolute atomic E-state index is 0.230. The van der Waals surface area contributed by atoms with Crippen LogP contribution in [-0.2, 0) is 4.79 Å². The third-order valence-corrected chi connectivity index (χ3v) is 8.74. The lowest BCUT2D eigenvalue weighted by Gasteiger charge is -2.34. The summed E-state index contributed by atoms with van der Waals surface area (Å²) >= 11 is 0. The molecule has 0 aromatic heterocycles. The normalized spacial score (nSPS) is 13.1. The highest BCUT2D eigenvalue weighted by Crippen LogP contribution is 2.46. The SMILES string of the molecule is CC(C)c1cccc(C(C)C)c1N1C=CN(c2c(C(C)C)cccc2C(C)C)C1=C(C(=O)C(=O)c1ccccc1)c1ccccc1. The molecule has 0 saturated heterocycles. The summed E-state index contributed by atoms with van der Waals surface area (Å²) in [5.41, 5.74) is 8.31. The van der Waals surface area contributed by atoms with Gasteiger partial charge in [-0.2, -0.15) is 0 Å². The minimum Gasteiger partial charge on any atom is -0.300 e. The van der Waals surface area contributed by atoms with Gasteiger partial charge in [-0.05, 0) is 51.5 Å². The maximum atomic E-state index is 14.8.